The molecule has 3 aromatic rings. The minimum atomic E-state index is -0.674. The van der Waals surface area contributed by atoms with E-state index < -0.39 is 17.5 Å². The summed E-state index contributed by atoms with van der Waals surface area (Å²) in [4.78, 5) is 27.7. The van der Waals surface area contributed by atoms with Gasteiger partial charge in [0.05, 0.1) is 10.4 Å². The molecule has 0 spiro atoms. The summed E-state index contributed by atoms with van der Waals surface area (Å²) in [5, 5.41) is 12.1. The predicted molar refractivity (Wildman–Crippen MR) is 107 cm³/mol. The number of nitrogens with zero attached hydrogens (tertiary/aromatic N) is 2. The van der Waals surface area contributed by atoms with Crippen molar-refractivity contribution in [2.75, 3.05) is 12.9 Å². The van der Waals surface area contributed by atoms with Gasteiger partial charge in [0, 0.05) is 21.9 Å². The van der Waals surface area contributed by atoms with Gasteiger partial charge >= 0.3 is 11.7 Å². The van der Waals surface area contributed by atoms with Crippen LogP contribution in [0.3, 0.4) is 0 Å². The average Bonchev–Trinajstić information content (AvgIpc) is 2.70. The van der Waals surface area contributed by atoms with E-state index in [0.717, 1.165) is 15.8 Å². The van der Waals surface area contributed by atoms with E-state index in [9.17, 15) is 14.9 Å². The van der Waals surface area contributed by atoms with Gasteiger partial charge in [-0.15, -0.1) is 11.8 Å². The number of carbonyl (C=O) groups excluding carboxylic acids is 1. The van der Waals surface area contributed by atoms with Crippen LogP contribution < -0.4 is 4.74 Å². The largest absolute Gasteiger partial charge is 0.475 e. The molecular formula is C19H15ClN2O5S. The molecule has 0 aliphatic rings. The third-order valence-electron chi connectivity index (χ3n) is 3.85. The molecule has 0 N–H and O–H groups in total. The van der Waals surface area contributed by atoms with Crippen LogP contribution >= 0.6 is 23.4 Å². The van der Waals surface area contributed by atoms with Crippen LogP contribution in [0, 0.1) is 10.1 Å². The fourth-order valence-corrected chi connectivity index (χ4v) is 3.10. The van der Waals surface area contributed by atoms with Crippen molar-refractivity contribution < 1.29 is 19.2 Å². The molecule has 1 aromatic heterocycles. The van der Waals surface area contributed by atoms with E-state index in [1.54, 1.807) is 17.8 Å². The Labute approximate surface area is 169 Å². The SMILES string of the molecule is CSc1ccc2cc(COC(=O)COc3ccccc3[N+](=O)[O-])c(Cl)nc2c1. The zero-order valence-electron chi connectivity index (χ0n) is 14.8. The number of thioether (sulfide) groups is 1. The molecule has 0 atom stereocenters. The summed E-state index contributed by atoms with van der Waals surface area (Å²) < 4.78 is 10.4. The molecule has 2 aromatic carbocycles. The normalized spacial score (nSPS) is 10.6. The molecule has 0 bridgehead atoms. The Bertz CT molecular complexity index is 1040. The first-order chi connectivity index (χ1) is 13.5. The number of halogens is 1. The van der Waals surface area contributed by atoms with Crippen molar-refractivity contribution >= 4 is 45.9 Å². The summed E-state index contributed by atoms with van der Waals surface area (Å²) in [5.41, 5.74) is 1.10. The van der Waals surface area contributed by atoms with Crippen molar-refractivity contribution in [3.63, 3.8) is 0 Å². The van der Waals surface area contributed by atoms with E-state index >= 15 is 0 Å². The molecule has 0 saturated carbocycles. The molecule has 144 valence electrons. The first-order valence-electron chi connectivity index (χ1n) is 8.13. The lowest BCUT2D eigenvalue weighted by Gasteiger charge is -2.09. The van der Waals surface area contributed by atoms with Crippen molar-refractivity contribution in [2.24, 2.45) is 0 Å². The minimum absolute atomic E-state index is 0.000507. The molecule has 7 nitrogen and oxygen atoms in total. The standard InChI is InChI=1S/C19H15ClN2O5S/c1-28-14-7-6-12-8-13(19(20)21-15(12)9-14)10-27-18(23)11-26-17-5-3-2-4-16(17)22(24)25/h2-9H,10-11H2,1H3. The number of ether oxygens (including phenoxy) is 2. The third-order valence-corrected chi connectivity index (χ3v) is 4.90. The molecule has 0 saturated heterocycles. The topological polar surface area (TPSA) is 91.6 Å². The van der Waals surface area contributed by atoms with E-state index in [2.05, 4.69) is 4.98 Å². The molecule has 0 aliphatic carbocycles. The molecular weight excluding hydrogens is 404 g/mol. The number of carbonyl (C=O) groups is 1. The number of pyridine rings is 1. The summed E-state index contributed by atoms with van der Waals surface area (Å²) in [6.45, 7) is -0.536. The van der Waals surface area contributed by atoms with Crippen LogP contribution in [0.1, 0.15) is 5.56 Å². The number of hydrogen-bond acceptors (Lipinski definition) is 7. The van der Waals surface area contributed by atoms with Crippen LogP contribution in [-0.4, -0.2) is 28.7 Å². The molecule has 0 aliphatic heterocycles. The number of nitro groups is 1. The van der Waals surface area contributed by atoms with E-state index in [1.165, 1.54) is 18.2 Å². The summed E-state index contributed by atoms with van der Waals surface area (Å²) in [7, 11) is 0. The number of hydrogen-bond donors (Lipinski definition) is 0. The number of rotatable bonds is 7. The highest BCUT2D eigenvalue weighted by molar-refractivity contribution is 7.98. The second kappa shape index (κ2) is 8.90. The second-order valence-electron chi connectivity index (χ2n) is 5.67. The molecule has 0 amide bonds. The van der Waals surface area contributed by atoms with Gasteiger partial charge < -0.3 is 9.47 Å². The fraction of sp³-hybridized carbons (Fsp3) is 0.158. The highest BCUT2D eigenvalue weighted by atomic mass is 35.5. The van der Waals surface area contributed by atoms with Crippen molar-refractivity contribution in [1.29, 1.82) is 0 Å². The smallest absolute Gasteiger partial charge is 0.344 e. The molecule has 3 rings (SSSR count). The maximum absolute atomic E-state index is 11.9. The monoisotopic (exact) mass is 418 g/mol. The maximum Gasteiger partial charge on any atom is 0.344 e. The van der Waals surface area contributed by atoms with Crippen LogP contribution in [0.4, 0.5) is 5.69 Å². The first-order valence-corrected chi connectivity index (χ1v) is 9.73. The summed E-state index contributed by atoms with van der Waals surface area (Å²) in [6.07, 6.45) is 1.97. The Balaban J connectivity index is 1.63. The minimum Gasteiger partial charge on any atom is -0.475 e. The Kier molecular flexibility index (Phi) is 6.33. The van der Waals surface area contributed by atoms with Crippen molar-refractivity contribution in [3.8, 4) is 5.75 Å². The number of para-hydroxylation sites is 2. The maximum atomic E-state index is 11.9. The van der Waals surface area contributed by atoms with Gasteiger partial charge in [-0.1, -0.05) is 29.8 Å². The highest BCUT2D eigenvalue weighted by Gasteiger charge is 2.16. The van der Waals surface area contributed by atoms with Crippen LogP contribution in [0.2, 0.25) is 5.15 Å². The molecule has 0 radical (unpaired) electrons. The number of fused-ring (bicyclic) bond motifs is 1. The Morgan fingerprint density at radius 3 is 2.79 bits per heavy atom. The lowest BCUT2D eigenvalue weighted by atomic mass is 10.2. The fourth-order valence-electron chi connectivity index (χ4n) is 2.46. The van der Waals surface area contributed by atoms with E-state index in [-0.39, 0.29) is 23.2 Å². The van der Waals surface area contributed by atoms with Gasteiger partial charge in [0.1, 0.15) is 11.8 Å². The number of esters is 1. The zero-order chi connectivity index (χ0) is 20.1. The lowest BCUT2D eigenvalue weighted by molar-refractivity contribution is -0.385. The van der Waals surface area contributed by atoms with Crippen LogP contribution in [0.25, 0.3) is 10.9 Å². The molecule has 9 heteroatoms. The van der Waals surface area contributed by atoms with Gasteiger partial charge in [-0.05, 0) is 30.5 Å². The number of benzene rings is 2. The Hall–Kier alpha value is -2.84. The van der Waals surface area contributed by atoms with Gasteiger partial charge in [0.2, 0.25) is 0 Å². The number of nitro benzene ring substituents is 1. The molecule has 1 heterocycles. The third kappa shape index (κ3) is 4.71. The van der Waals surface area contributed by atoms with Crippen molar-refractivity contribution in [1.82, 2.24) is 4.98 Å². The van der Waals surface area contributed by atoms with Crippen LogP contribution in [0.15, 0.2) is 53.4 Å². The first kappa shape index (κ1) is 19.9. The second-order valence-corrected chi connectivity index (χ2v) is 6.91. The van der Waals surface area contributed by atoms with Gasteiger partial charge in [0.15, 0.2) is 12.4 Å². The summed E-state index contributed by atoms with van der Waals surface area (Å²) in [5.74, 6) is -0.675. The predicted octanol–water partition coefficient (Wildman–Crippen LogP) is 4.64. The average molecular weight is 419 g/mol. The van der Waals surface area contributed by atoms with Crippen LogP contribution in [0.5, 0.6) is 5.75 Å². The van der Waals surface area contributed by atoms with Gasteiger partial charge in [-0.25, -0.2) is 9.78 Å². The zero-order valence-corrected chi connectivity index (χ0v) is 16.3. The Morgan fingerprint density at radius 1 is 1.25 bits per heavy atom. The van der Waals surface area contributed by atoms with Crippen molar-refractivity contribution in [2.45, 2.75) is 11.5 Å². The van der Waals surface area contributed by atoms with Crippen molar-refractivity contribution in [3.05, 3.63) is 69.4 Å². The summed E-state index contributed by atoms with van der Waals surface area (Å²) >= 11 is 7.80. The molecule has 0 unspecified atom stereocenters. The molecule has 28 heavy (non-hydrogen) atoms. The van der Waals surface area contributed by atoms with Crippen LogP contribution in [-0.2, 0) is 16.1 Å². The number of aromatic nitrogens is 1. The Morgan fingerprint density at radius 2 is 2.04 bits per heavy atom. The molecule has 0 fully saturated rings. The highest BCUT2D eigenvalue weighted by Crippen LogP contribution is 2.27. The van der Waals surface area contributed by atoms with E-state index in [4.69, 9.17) is 21.1 Å². The van der Waals surface area contributed by atoms with Gasteiger partial charge in [0.25, 0.3) is 0 Å². The summed E-state index contributed by atoms with van der Waals surface area (Å²) in [6, 6.07) is 13.4. The van der Waals surface area contributed by atoms with Gasteiger partial charge in [-0.2, -0.15) is 0 Å². The van der Waals surface area contributed by atoms with E-state index in [1.807, 2.05) is 30.5 Å². The van der Waals surface area contributed by atoms with Gasteiger partial charge in [-0.3, -0.25) is 10.1 Å². The van der Waals surface area contributed by atoms with E-state index in [0.29, 0.717) is 5.56 Å². The quantitative estimate of drug-likeness (QED) is 0.181. The lowest BCUT2D eigenvalue weighted by Crippen LogP contribution is -2.15.